The van der Waals surface area contributed by atoms with E-state index in [4.69, 9.17) is 4.74 Å². The van der Waals surface area contributed by atoms with Gasteiger partial charge in [-0.1, -0.05) is 12.1 Å². The normalized spacial score (nSPS) is 21.1. The summed E-state index contributed by atoms with van der Waals surface area (Å²) in [5.74, 6) is 1.04. The molecule has 1 aromatic carbocycles. The van der Waals surface area contributed by atoms with Crippen LogP contribution in [0.1, 0.15) is 17.5 Å². The molecule has 1 aliphatic heterocycles. The highest BCUT2D eigenvalue weighted by molar-refractivity contribution is 5.36. The molecule has 14 heavy (non-hydrogen) atoms. The van der Waals surface area contributed by atoms with Gasteiger partial charge < -0.3 is 10.1 Å². The molecule has 0 saturated carbocycles. The van der Waals surface area contributed by atoms with Crippen LogP contribution in [0.15, 0.2) is 18.2 Å². The molecule has 0 spiro atoms. The lowest BCUT2D eigenvalue weighted by Crippen LogP contribution is -2.19. The average Bonchev–Trinajstić information content (AvgIpc) is 2.64. The fourth-order valence-electron chi connectivity index (χ4n) is 1.74. The molecule has 1 saturated heterocycles. The van der Waals surface area contributed by atoms with E-state index >= 15 is 0 Å². The highest BCUT2D eigenvalue weighted by atomic mass is 16.5. The van der Waals surface area contributed by atoms with E-state index in [1.54, 1.807) is 0 Å². The van der Waals surface area contributed by atoms with Gasteiger partial charge in [0.05, 0.1) is 0 Å². The monoisotopic (exact) mass is 191 g/mol. The quantitative estimate of drug-likeness (QED) is 0.772. The second kappa shape index (κ2) is 4.01. The highest BCUT2D eigenvalue weighted by Gasteiger charge is 2.16. The number of rotatable bonds is 2. The largest absolute Gasteiger partial charge is 0.489 e. The van der Waals surface area contributed by atoms with Crippen LogP contribution >= 0.6 is 0 Å². The fourth-order valence-corrected chi connectivity index (χ4v) is 1.74. The van der Waals surface area contributed by atoms with Gasteiger partial charge in [-0.2, -0.15) is 0 Å². The van der Waals surface area contributed by atoms with Gasteiger partial charge in [-0.3, -0.25) is 0 Å². The molecule has 0 aliphatic carbocycles. The van der Waals surface area contributed by atoms with E-state index in [1.807, 2.05) is 0 Å². The van der Waals surface area contributed by atoms with Crippen LogP contribution in [0.3, 0.4) is 0 Å². The van der Waals surface area contributed by atoms with Gasteiger partial charge in [-0.15, -0.1) is 0 Å². The van der Waals surface area contributed by atoms with Gasteiger partial charge in [-0.05, 0) is 44.0 Å². The van der Waals surface area contributed by atoms with Crippen LogP contribution < -0.4 is 10.1 Å². The van der Waals surface area contributed by atoms with Crippen LogP contribution in [0, 0.1) is 13.8 Å². The molecule has 0 unspecified atom stereocenters. The smallest absolute Gasteiger partial charge is 0.122 e. The Hall–Kier alpha value is -1.02. The Kier molecular flexibility index (Phi) is 2.73. The first kappa shape index (κ1) is 9.53. The summed E-state index contributed by atoms with van der Waals surface area (Å²) >= 11 is 0. The zero-order valence-electron chi connectivity index (χ0n) is 8.84. The summed E-state index contributed by atoms with van der Waals surface area (Å²) < 4.78 is 5.92. The van der Waals surface area contributed by atoms with E-state index in [0.29, 0.717) is 6.10 Å². The lowest BCUT2D eigenvalue weighted by Gasteiger charge is -2.14. The van der Waals surface area contributed by atoms with Crippen molar-refractivity contribution in [1.82, 2.24) is 5.32 Å². The Labute approximate surface area is 85.3 Å². The van der Waals surface area contributed by atoms with E-state index < -0.39 is 0 Å². The van der Waals surface area contributed by atoms with Gasteiger partial charge in [-0.25, -0.2) is 0 Å². The maximum atomic E-state index is 5.92. The van der Waals surface area contributed by atoms with Crippen LogP contribution in [0.5, 0.6) is 5.75 Å². The van der Waals surface area contributed by atoms with Gasteiger partial charge in [0, 0.05) is 6.54 Å². The average molecular weight is 191 g/mol. The number of hydrogen-bond donors (Lipinski definition) is 1. The summed E-state index contributed by atoms with van der Waals surface area (Å²) in [4.78, 5) is 0. The Bertz CT molecular complexity index is 316. The molecule has 1 N–H and O–H groups in total. The third kappa shape index (κ3) is 2.07. The molecule has 2 nitrogen and oxygen atoms in total. The molecular weight excluding hydrogens is 174 g/mol. The lowest BCUT2D eigenvalue weighted by molar-refractivity contribution is 0.221. The summed E-state index contributed by atoms with van der Waals surface area (Å²) in [6, 6.07) is 6.36. The molecule has 0 bridgehead atoms. The van der Waals surface area contributed by atoms with Crippen molar-refractivity contribution in [2.45, 2.75) is 26.4 Å². The first-order valence-corrected chi connectivity index (χ1v) is 5.20. The number of benzene rings is 1. The van der Waals surface area contributed by atoms with E-state index in [-0.39, 0.29) is 0 Å². The van der Waals surface area contributed by atoms with Crippen molar-refractivity contribution >= 4 is 0 Å². The predicted octanol–water partition coefficient (Wildman–Crippen LogP) is 2.04. The van der Waals surface area contributed by atoms with E-state index in [9.17, 15) is 0 Å². The zero-order chi connectivity index (χ0) is 9.97. The number of nitrogens with one attached hydrogen (secondary N) is 1. The van der Waals surface area contributed by atoms with Crippen molar-refractivity contribution in [3.05, 3.63) is 29.3 Å². The molecule has 76 valence electrons. The summed E-state index contributed by atoms with van der Waals surface area (Å²) in [7, 11) is 0. The molecule has 2 heteroatoms. The molecule has 0 amide bonds. The second-order valence-electron chi connectivity index (χ2n) is 4.00. The van der Waals surface area contributed by atoms with Crippen LogP contribution in [0.25, 0.3) is 0 Å². The van der Waals surface area contributed by atoms with Gasteiger partial charge in [0.25, 0.3) is 0 Å². The zero-order valence-corrected chi connectivity index (χ0v) is 8.84. The predicted molar refractivity (Wildman–Crippen MR) is 57.8 cm³/mol. The minimum absolute atomic E-state index is 0.357. The van der Waals surface area contributed by atoms with Crippen molar-refractivity contribution in [2.24, 2.45) is 0 Å². The molecule has 0 aromatic heterocycles. The van der Waals surface area contributed by atoms with E-state index in [1.165, 1.54) is 11.1 Å². The fraction of sp³-hybridized carbons (Fsp3) is 0.500. The molecule has 1 aliphatic rings. The van der Waals surface area contributed by atoms with Crippen molar-refractivity contribution in [1.29, 1.82) is 0 Å². The SMILES string of the molecule is Cc1ccc(C)c(O[C@@H]2CCNC2)c1. The molecule has 1 fully saturated rings. The van der Waals surface area contributed by atoms with Gasteiger partial charge >= 0.3 is 0 Å². The Morgan fingerprint density at radius 1 is 1.36 bits per heavy atom. The molecule has 2 rings (SSSR count). The number of ether oxygens (including phenoxy) is 1. The van der Waals surface area contributed by atoms with Crippen LogP contribution in [0.2, 0.25) is 0 Å². The van der Waals surface area contributed by atoms with Crippen molar-refractivity contribution in [3.63, 3.8) is 0 Å². The van der Waals surface area contributed by atoms with Crippen molar-refractivity contribution < 1.29 is 4.74 Å². The first-order valence-electron chi connectivity index (χ1n) is 5.20. The van der Waals surface area contributed by atoms with Crippen LogP contribution in [-0.4, -0.2) is 19.2 Å². The van der Waals surface area contributed by atoms with Gasteiger partial charge in [0.15, 0.2) is 0 Å². The van der Waals surface area contributed by atoms with Crippen LogP contribution in [0.4, 0.5) is 0 Å². The molecule has 1 aromatic rings. The summed E-state index contributed by atoms with van der Waals surface area (Å²) in [6.45, 7) is 6.25. The van der Waals surface area contributed by atoms with Crippen molar-refractivity contribution in [2.75, 3.05) is 13.1 Å². The lowest BCUT2D eigenvalue weighted by atomic mass is 10.1. The Balaban J connectivity index is 2.10. The Morgan fingerprint density at radius 3 is 2.93 bits per heavy atom. The standard InChI is InChI=1S/C12H17NO/c1-9-3-4-10(2)12(7-9)14-11-5-6-13-8-11/h3-4,7,11,13H,5-6,8H2,1-2H3/t11-/m1/s1. The van der Waals surface area contributed by atoms with Crippen LogP contribution in [-0.2, 0) is 0 Å². The minimum atomic E-state index is 0.357. The first-order chi connectivity index (χ1) is 6.75. The summed E-state index contributed by atoms with van der Waals surface area (Å²) in [6.07, 6.45) is 1.48. The van der Waals surface area contributed by atoms with Gasteiger partial charge in [0.2, 0.25) is 0 Å². The Morgan fingerprint density at radius 2 is 2.21 bits per heavy atom. The molecule has 1 atom stereocenters. The summed E-state index contributed by atoms with van der Waals surface area (Å²) in [5, 5.41) is 3.30. The maximum Gasteiger partial charge on any atom is 0.122 e. The van der Waals surface area contributed by atoms with E-state index in [0.717, 1.165) is 25.3 Å². The third-order valence-corrected chi connectivity index (χ3v) is 2.65. The third-order valence-electron chi connectivity index (χ3n) is 2.65. The van der Waals surface area contributed by atoms with Crippen molar-refractivity contribution in [3.8, 4) is 5.75 Å². The topological polar surface area (TPSA) is 21.3 Å². The minimum Gasteiger partial charge on any atom is -0.489 e. The molecule has 1 heterocycles. The molecule has 0 radical (unpaired) electrons. The molecular formula is C12H17NO. The van der Waals surface area contributed by atoms with Gasteiger partial charge in [0.1, 0.15) is 11.9 Å². The maximum absolute atomic E-state index is 5.92. The second-order valence-corrected chi connectivity index (χ2v) is 4.00. The number of hydrogen-bond acceptors (Lipinski definition) is 2. The van der Waals surface area contributed by atoms with E-state index in [2.05, 4.69) is 37.4 Å². The summed E-state index contributed by atoms with van der Waals surface area (Å²) in [5.41, 5.74) is 2.49. The highest BCUT2D eigenvalue weighted by Crippen LogP contribution is 2.21. The number of aryl methyl sites for hydroxylation is 2.